The van der Waals surface area contributed by atoms with Crippen molar-refractivity contribution in [2.24, 2.45) is 0 Å². The van der Waals surface area contributed by atoms with Crippen LogP contribution in [0.25, 0.3) is 10.9 Å². The van der Waals surface area contributed by atoms with Crippen molar-refractivity contribution in [3.63, 3.8) is 0 Å². The average Bonchev–Trinajstić information content (AvgIpc) is 3.29. The molecule has 2 saturated heterocycles. The lowest BCUT2D eigenvalue weighted by Gasteiger charge is -2.31. The summed E-state index contributed by atoms with van der Waals surface area (Å²) in [7, 11) is 0. The quantitative estimate of drug-likeness (QED) is 0.244. The highest BCUT2D eigenvalue weighted by Crippen LogP contribution is 2.47. The number of hydrogen-bond acceptors (Lipinski definition) is 6. The van der Waals surface area contributed by atoms with E-state index in [2.05, 4.69) is 37.4 Å². The highest BCUT2D eigenvalue weighted by Gasteiger charge is 2.49. The Kier molecular flexibility index (Phi) is 6.78. The van der Waals surface area contributed by atoms with Crippen LogP contribution in [-0.2, 0) is 0 Å². The summed E-state index contributed by atoms with van der Waals surface area (Å²) < 4.78 is 67.7. The number of fused-ring (bicyclic) bond motifs is 1. The number of nitrogens with zero attached hydrogens (tertiary/aromatic N) is 4. The van der Waals surface area contributed by atoms with E-state index in [1.165, 1.54) is 0 Å². The molecule has 2 aromatic rings. The van der Waals surface area contributed by atoms with Crippen molar-refractivity contribution in [2.75, 3.05) is 37.7 Å². The Morgan fingerprint density at radius 2 is 2.17 bits per heavy atom. The monoisotopic (exact) mass is 578 g/mol. The van der Waals surface area contributed by atoms with Crippen molar-refractivity contribution in [1.82, 2.24) is 14.9 Å². The Morgan fingerprint density at radius 3 is 2.91 bits per heavy atom. The molecule has 12 heteroatoms. The van der Waals surface area contributed by atoms with Crippen LogP contribution in [0, 0.1) is 5.82 Å². The molecule has 0 unspecified atom stereocenters. The molecule has 3 aliphatic heterocycles. The van der Waals surface area contributed by atoms with Crippen LogP contribution in [-0.4, -0.2) is 71.9 Å². The zero-order valence-corrected chi connectivity index (χ0v) is 21.1. The third-order valence-corrected chi connectivity index (χ3v) is 8.38. The summed E-state index contributed by atoms with van der Waals surface area (Å²) in [5.74, 6) is -0.423. The molecule has 6 nitrogen and oxygen atoms in total. The predicted octanol–water partition coefficient (Wildman–Crippen LogP) is 5.55. The van der Waals surface area contributed by atoms with E-state index in [9.17, 15) is 13.2 Å². The van der Waals surface area contributed by atoms with Gasteiger partial charge < -0.3 is 14.4 Å². The molecular formula is C23H24BrClF4N4O2. The molecule has 0 aliphatic carbocycles. The second-order valence-electron chi connectivity index (χ2n) is 9.18. The summed E-state index contributed by atoms with van der Waals surface area (Å²) in [5, 5.41) is 0.166. The summed E-state index contributed by atoms with van der Waals surface area (Å²) >= 11 is 9.53. The number of aromatic nitrogens is 2. The minimum Gasteiger partial charge on any atom is -0.489 e. The van der Waals surface area contributed by atoms with Crippen LogP contribution in [0.15, 0.2) is 17.1 Å². The van der Waals surface area contributed by atoms with Gasteiger partial charge in [0.15, 0.2) is 11.6 Å². The smallest absolute Gasteiger partial charge is 0.319 e. The summed E-state index contributed by atoms with van der Waals surface area (Å²) in [6.07, 6.45) is -0.311. The average molecular weight is 580 g/mol. The van der Waals surface area contributed by atoms with Crippen LogP contribution in [0.3, 0.4) is 0 Å². The molecule has 1 aromatic carbocycles. The van der Waals surface area contributed by atoms with Gasteiger partial charge in [-0.2, -0.15) is 9.97 Å². The third-order valence-electron chi connectivity index (χ3n) is 7.05. The van der Waals surface area contributed by atoms with Gasteiger partial charge in [0.2, 0.25) is 6.43 Å². The normalized spacial score (nSPS) is 26.2. The van der Waals surface area contributed by atoms with Crippen molar-refractivity contribution in [1.29, 1.82) is 0 Å². The number of benzene rings is 1. The second-order valence-corrected chi connectivity index (χ2v) is 10.3. The Hall–Kier alpha value is -1.85. The molecule has 190 valence electrons. The number of halogens is 6. The standard InChI is InChI=1S/C23H24BrClF4N4O2/c1-2-13-10-34-20-15-19(18(29)16(24)17(20)25)30-22(31-21(15)33(13)7-4-14(27)28)35-11-23-5-3-6-32(23)9-12(26)8-23/h2,12-14H,1,3-11H2/t12-,13+,23+/m1/s1. The minimum absolute atomic E-state index is 0.00697. The van der Waals surface area contributed by atoms with Gasteiger partial charge in [-0.3, -0.25) is 4.90 Å². The van der Waals surface area contributed by atoms with E-state index in [-0.39, 0.29) is 57.7 Å². The van der Waals surface area contributed by atoms with Crippen molar-refractivity contribution in [3.8, 4) is 11.8 Å². The molecule has 3 atom stereocenters. The van der Waals surface area contributed by atoms with Crippen LogP contribution >= 0.6 is 27.5 Å². The maximum atomic E-state index is 15.4. The van der Waals surface area contributed by atoms with Gasteiger partial charge in [0, 0.05) is 25.9 Å². The van der Waals surface area contributed by atoms with Gasteiger partial charge in [-0.1, -0.05) is 17.7 Å². The van der Waals surface area contributed by atoms with Gasteiger partial charge in [0.05, 0.1) is 21.4 Å². The first-order valence-corrected chi connectivity index (χ1v) is 12.6. The van der Waals surface area contributed by atoms with E-state index < -0.39 is 36.4 Å². The molecular weight excluding hydrogens is 556 g/mol. The summed E-state index contributed by atoms with van der Waals surface area (Å²) in [4.78, 5) is 12.5. The van der Waals surface area contributed by atoms with E-state index in [4.69, 9.17) is 21.1 Å². The Morgan fingerprint density at radius 1 is 1.37 bits per heavy atom. The van der Waals surface area contributed by atoms with Gasteiger partial charge in [-0.25, -0.2) is 17.6 Å². The summed E-state index contributed by atoms with van der Waals surface area (Å²) in [6, 6.07) is -0.655. The van der Waals surface area contributed by atoms with Crippen LogP contribution < -0.4 is 14.4 Å². The number of rotatable bonds is 7. The number of alkyl halides is 3. The van der Waals surface area contributed by atoms with Crippen molar-refractivity contribution >= 4 is 44.3 Å². The fourth-order valence-corrected chi connectivity index (χ4v) is 5.98. The Balaban J connectivity index is 1.60. The lowest BCUT2D eigenvalue weighted by atomic mass is 9.95. The molecule has 0 amide bonds. The molecule has 5 rings (SSSR count). The summed E-state index contributed by atoms with van der Waals surface area (Å²) in [5.41, 5.74) is -0.572. The van der Waals surface area contributed by atoms with Crippen LogP contribution in [0.2, 0.25) is 5.02 Å². The zero-order chi connectivity index (χ0) is 24.9. The van der Waals surface area contributed by atoms with Gasteiger partial charge in [-0.15, -0.1) is 6.58 Å². The molecule has 0 N–H and O–H groups in total. The maximum absolute atomic E-state index is 15.4. The second kappa shape index (κ2) is 9.55. The fourth-order valence-electron chi connectivity index (χ4n) is 5.38. The molecule has 0 radical (unpaired) electrons. The molecule has 0 saturated carbocycles. The first kappa shape index (κ1) is 24.8. The predicted molar refractivity (Wildman–Crippen MR) is 128 cm³/mol. The largest absolute Gasteiger partial charge is 0.489 e. The van der Waals surface area contributed by atoms with E-state index in [0.29, 0.717) is 13.0 Å². The zero-order valence-electron chi connectivity index (χ0n) is 18.8. The van der Waals surface area contributed by atoms with E-state index in [1.807, 2.05) is 0 Å². The third kappa shape index (κ3) is 4.33. The lowest BCUT2D eigenvalue weighted by Crippen LogP contribution is -2.43. The molecule has 3 aliphatic rings. The SMILES string of the molecule is C=C[C@H]1COc2c(Cl)c(Br)c(F)c3nc(OC[C@@]45CCCN4C[C@H](F)C5)nc(c23)N1CCC(F)F. The van der Waals surface area contributed by atoms with Crippen molar-refractivity contribution < 1.29 is 27.0 Å². The number of ether oxygens (including phenoxy) is 2. The number of anilines is 1. The molecule has 0 bridgehead atoms. The lowest BCUT2D eigenvalue weighted by molar-refractivity contribution is 0.107. The molecule has 4 heterocycles. The minimum atomic E-state index is -2.55. The molecule has 2 fully saturated rings. The van der Waals surface area contributed by atoms with Gasteiger partial charge in [0.1, 0.15) is 35.7 Å². The van der Waals surface area contributed by atoms with Gasteiger partial charge in [0.25, 0.3) is 0 Å². The summed E-state index contributed by atoms with van der Waals surface area (Å²) in [6.45, 7) is 5.04. The Labute approximate surface area is 213 Å². The van der Waals surface area contributed by atoms with Crippen molar-refractivity contribution in [2.45, 2.75) is 49.9 Å². The van der Waals surface area contributed by atoms with E-state index >= 15 is 4.39 Å². The first-order chi connectivity index (χ1) is 16.7. The van der Waals surface area contributed by atoms with Crippen molar-refractivity contribution in [3.05, 3.63) is 28.0 Å². The van der Waals surface area contributed by atoms with Gasteiger partial charge >= 0.3 is 6.01 Å². The van der Waals surface area contributed by atoms with Crippen LogP contribution in [0.1, 0.15) is 25.7 Å². The first-order valence-electron chi connectivity index (χ1n) is 11.4. The van der Waals surface area contributed by atoms with E-state index in [0.717, 1.165) is 19.4 Å². The molecule has 1 aromatic heterocycles. The molecule has 35 heavy (non-hydrogen) atoms. The topological polar surface area (TPSA) is 50.7 Å². The van der Waals surface area contributed by atoms with Gasteiger partial charge in [-0.05, 0) is 35.3 Å². The maximum Gasteiger partial charge on any atom is 0.319 e. The highest BCUT2D eigenvalue weighted by molar-refractivity contribution is 9.10. The number of hydrogen-bond donors (Lipinski definition) is 0. The van der Waals surface area contributed by atoms with Crippen LogP contribution in [0.4, 0.5) is 23.4 Å². The highest BCUT2D eigenvalue weighted by atomic mass is 79.9. The fraction of sp³-hybridized carbons (Fsp3) is 0.565. The van der Waals surface area contributed by atoms with Crippen LogP contribution in [0.5, 0.6) is 11.8 Å². The van der Waals surface area contributed by atoms with E-state index in [1.54, 1.807) is 11.0 Å². The Bertz CT molecular complexity index is 1160. The molecule has 0 spiro atoms.